The minimum absolute atomic E-state index is 0.0598. The second-order valence-corrected chi connectivity index (χ2v) is 12.4. The molecule has 0 unspecified atom stereocenters. The number of nitrogens with zero attached hydrogens (tertiary/aromatic N) is 1. The number of rotatable bonds is 9. The Bertz CT molecular complexity index is 1430. The fourth-order valence-corrected chi connectivity index (χ4v) is 4.48. The largest absolute Gasteiger partial charge is 0.519 e. The number of ether oxygens (including phenoxy) is 2. The van der Waals surface area contributed by atoms with E-state index < -0.39 is 23.5 Å². The summed E-state index contributed by atoms with van der Waals surface area (Å²) in [5, 5.41) is 2.91. The Kier molecular flexibility index (Phi) is 9.84. The molecule has 3 aromatic rings. The van der Waals surface area contributed by atoms with E-state index >= 15 is 0 Å². The van der Waals surface area contributed by atoms with Crippen molar-refractivity contribution >= 4 is 12.1 Å². The number of pyridine rings is 1. The van der Waals surface area contributed by atoms with E-state index in [0.29, 0.717) is 12.8 Å². The van der Waals surface area contributed by atoms with Gasteiger partial charge in [-0.1, -0.05) is 57.5 Å². The van der Waals surface area contributed by atoms with Crippen LogP contribution in [0.2, 0.25) is 0 Å². The highest BCUT2D eigenvalue weighted by Gasteiger charge is 2.26. The molecular formula is C32H42N2O7. The van der Waals surface area contributed by atoms with Gasteiger partial charge in [0.2, 0.25) is 0 Å². The Balaban J connectivity index is 2.12. The van der Waals surface area contributed by atoms with Crippen molar-refractivity contribution in [3.05, 3.63) is 74.5 Å². The van der Waals surface area contributed by atoms with Gasteiger partial charge in [-0.25, -0.2) is 9.59 Å². The maximum atomic E-state index is 13.2. The fraction of sp³-hybridized carbons (Fsp3) is 0.500. The first-order chi connectivity index (χ1) is 19.1. The van der Waals surface area contributed by atoms with E-state index in [0.717, 1.165) is 39.2 Å². The highest BCUT2D eigenvalue weighted by Crippen LogP contribution is 2.35. The third-order valence-corrected chi connectivity index (χ3v) is 6.27. The molecular weight excluding hydrogens is 524 g/mol. The molecule has 2 heterocycles. The molecule has 0 aliphatic heterocycles. The molecule has 3 rings (SSSR count). The number of hydrogen-bond donors (Lipinski definition) is 1. The van der Waals surface area contributed by atoms with Gasteiger partial charge in [0.1, 0.15) is 5.60 Å². The molecule has 0 atom stereocenters. The number of carbonyl (C=O) groups excluding carboxylic acids is 2. The van der Waals surface area contributed by atoms with Gasteiger partial charge in [0.05, 0.1) is 6.42 Å². The summed E-state index contributed by atoms with van der Waals surface area (Å²) < 4.78 is 20.8. The molecule has 0 spiro atoms. The molecule has 41 heavy (non-hydrogen) atoms. The molecule has 0 bridgehead atoms. The van der Waals surface area contributed by atoms with E-state index in [1.165, 1.54) is 0 Å². The number of hydrogen-bond acceptors (Lipinski definition) is 8. The first-order valence-corrected chi connectivity index (χ1v) is 13.9. The van der Waals surface area contributed by atoms with Crippen molar-refractivity contribution in [1.29, 1.82) is 0 Å². The van der Waals surface area contributed by atoms with Crippen LogP contribution in [-0.2, 0) is 46.7 Å². The summed E-state index contributed by atoms with van der Waals surface area (Å²) in [5.74, 6) is -0.920. The lowest BCUT2D eigenvalue weighted by molar-refractivity contribution is -0.144. The number of aromatic nitrogens is 1. The van der Waals surface area contributed by atoms with Gasteiger partial charge in [-0.2, -0.15) is 0 Å². The average Bonchev–Trinajstić information content (AvgIpc) is 3.17. The minimum Gasteiger partial charge on any atom is -0.457 e. The van der Waals surface area contributed by atoms with Gasteiger partial charge >= 0.3 is 17.9 Å². The minimum atomic E-state index is -0.843. The zero-order chi connectivity index (χ0) is 30.5. The van der Waals surface area contributed by atoms with Crippen molar-refractivity contribution in [2.24, 2.45) is 5.41 Å². The third-order valence-electron chi connectivity index (χ3n) is 6.27. The van der Waals surface area contributed by atoms with Gasteiger partial charge in [0.15, 0.2) is 18.1 Å². The van der Waals surface area contributed by atoms with Crippen molar-refractivity contribution in [2.75, 3.05) is 0 Å². The third kappa shape index (κ3) is 9.06. The number of benzene rings is 1. The maximum absolute atomic E-state index is 13.2. The van der Waals surface area contributed by atoms with Crippen LogP contribution in [0.1, 0.15) is 88.1 Å². The maximum Gasteiger partial charge on any atom is 0.519 e. The molecule has 0 aliphatic carbocycles. The van der Waals surface area contributed by atoms with Crippen LogP contribution in [-0.4, -0.2) is 22.6 Å². The fourth-order valence-electron chi connectivity index (χ4n) is 4.48. The molecule has 1 aromatic carbocycles. The SMILES string of the molecule is CCc1nc(CC(C)(C)C)c(CNC(=O)OC(C)(C)C)c(-c2ccc(C)cc2)c1CC(=O)OCc1oc(=O)oc1C. The lowest BCUT2D eigenvalue weighted by Crippen LogP contribution is -2.33. The molecule has 0 radical (unpaired) electrons. The monoisotopic (exact) mass is 566 g/mol. The quantitative estimate of drug-likeness (QED) is 0.297. The van der Waals surface area contributed by atoms with Gasteiger partial charge in [0, 0.05) is 23.5 Å². The number of alkyl carbamates (subject to hydrolysis) is 1. The summed E-state index contributed by atoms with van der Waals surface area (Å²) in [4.78, 5) is 42.3. The van der Waals surface area contributed by atoms with Crippen molar-refractivity contribution in [1.82, 2.24) is 10.3 Å². The summed E-state index contributed by atoms with van der Waals surface area (Å²) in [6.07, 6.45) is 0.656. The van der Waals surface area contributed by atoms with E-state index in [2.05, 4.69) is 26.1 Å². The molecule has 0 fully saturated rings. The average molecular weight is 567 g/mol. The van der Waals surface area contributed by atoms with Crippen molar-refractivity contribution in [3.63, 3.8) is 0 Å². The second-order valence-electron chi connectivity index (χ2n) is 12.4. The van der Waals surface area contributed by atoms with Crippen LogP contribution in [0.15, 0.2) is 37.9 Å². The van der Waals surface area contributed by atoms with E-state index in [9.17, 15) is 14.4 Å². The van der Waals surface area contributed by atoms with Gasteiger partial charge in [0.25, 0.3) is 0 Å². The Labute approximate surface area is 241 Å². The number of amides is 1. The summed E-state index contributed by atoms with van der Waals surface area (Å²) in [6.45, 7) is 17.4. The molecule has 9 heteroatoms. The number of aryl methyl sites for hydroxylation is 3. The molecule has 0 aliphatic rings. The summed E-state index contributed by atoms with van der Waals surface area (Å²) in [6, 6.07) is 8.06. The highest BCUT2D eigenvalue weighted by molar-refractivity contribution is 5.81. The molecule has 0 saturated heterocycles. The Morgan fingerprint density at radius 3 is 2.15 bits per heavy atom. The zero-order valence-corrected chi connectivity index (χ0v) is 25.6. The molecule has 1 N–H and O–H groups in total. The molecule has 1 amide bonds. The Morgan fingerprint density at radius 2 is 1.61 bits per heavy atom. The molecule has 222 valence electrons. The highest BCUT2D eigenvalue weighted by atomic mass is 16.6. The van der Waals surface area contributed by atoms with Crippen LogP contribution in [0.5, 0.6) is 0 Å². The van der Waals surface area contributed by atoms with Crippen LogP contribution < -0.4 is 11.1 Å². The van der Waals surface area contributed by atoms with E-state index in [4.69, 9.17) is 23.3 Å². The Hall–Kier alpha value is -3.88. The lowest BCUT2D eigenvalue weighted by Gasteiger charge is -2.26. The molecule has 2 aromatic heterocycles. The Morgan fingerprint density at radius 1 is 0.951 bits per heavy atom. The second kappa shape index (κ2) is 12.7. The van der Waals surface area contributed by atoms with Crippen LogP contribution in [0.25, 0.3) is 11.1 Å². The van der Waals surface area contributed by atoms with E-state index in [-0.39, 0.29) is 36.5 Å². The van der Waals surface area contributed by atoms with Crippen molar-refractivity contribution < 1.29 is 27.9 Å². The van der Waals surface area contributed by atoms with E-state index in [1.54, 1.807) is 6.92 Å². The lowest BCUT2D eigenvalue weighted by atomic mass is 9.84. The number of nitrogens with one attached hydrogen (secondary N) is 1. The zero-order valence-electron chi connectivity index (χ0n) is 25.6. The van der Waals surface area contributed by atoms with Gasteiger partial charge in [-0.05, 0) is 69.6 Å². The first-order valence-electron chi connectivity index (χ1n) is 13.9. The normalized spacial score (nSPS) is 11.8. The topological polar surface area (TPSA) is 121 Å². The van der Waals surface area contributed by atoms with Gasteiger partial charge in [-0.15, -0.1) is 0 Å². The van der Waals surface area contributed by atoms with Crippen LogP contribution in [0.4, 0.5) is 4.79 Å². The summed E-state index contributed by atoms with van der Waals surface area (Å²) in [7, 11) is 0. The summed E-state index contributed by atoms with van der Waals surface area (Å²) in [5.41, 5.74) is 5.30. The van der Waals surface area contributed by atoms with Crippen LogP contribution in [0.3, 0.4) is 0 Å². The predicted molar refractivity (Wildman–Crippen MR) is 156 cm³/mol. The molecule has 0 saturated carbocycles. The van der Waals surface area contributed by atoms with Crippen LogP contribution in [0, 0.1) is 19.3 Å². The van der Waals surface area contributed by atoms with Gasteiger partial charge in [-0.3, -0.25) is 9.78 Å². The standard InChI is InChI=1S/C32H42N2O7/c1-10-24-22(15-27(35)38-18-26-20(3)39-30(37)40-26)28(21-13-11-19(2)12-14-21)23(25(34-24)16-31(4,5)6)17-33-29(36)41-32(7,8)9/h11-14H,10,15-18H2,1-9H3,(H,33,36). The summed E-state index contributed by atoms with van der Waals surface area (Å²) >= 11 is 0. The number of esters is 1. The number of carbonyl (C=O) groups is 2. The van der Waals surface area contributed by atoms with Crippen molar-refractivity contribution in [3.8, 4) is 11.1 Å². The van der Waals surface area contributed by atoms with Crippen LogP contribution >= 0.6 is 0 Å². The smallest absolute Gasteiger partial charge is 0.457 e. The van der Waals surface area contributed by atoms with Gasteiger partial charge < -0.3 is 23.6 Å². The van der Waals surface area contributed by atoms with Crippen molar-refractivity contribution in [2.45, 2.75) is 100 Å². The van der Waals surface area contributed by atoms with E-state index in [1.807, 2.05) is 58.9 Å². The predicted octanol–water partition coefficient (Wildman–Crippen LogP) is 6.37. The molecule has 9 nitrogen and oxygen atoms in total. The first kappa shape index (κ1) is 31.6.